The molecule has 0 radical (unpaired) electrons. The zero-order valence-corrected chi connectivity index (χ0v) is 7.66. The van der Waals surface area contributed by atoms with Gasteiger partial charge in [-0.25, -0.2) is 4.39 Å². The Hall–Kier alpha value is -1.42. The van der Waals surface area contributed by atoms with Crippen molar-refractivity contribution in [2.75, 3.05) is 0 Å². The molecule has 0 aliphatic rings. The maximum Gasteiger partial charge on any atom is 0.303 e. The number of aliphatic carboxylic acids is 1. The predicted octanol–water partition coefficient (Wildman–Crippen LogP) is 1.30. The summed E-state index contributed by atoms with van der Waals surface area (Å²) in [5.74, 6) is -1.21. The molecule has 0 amide bonds. The Labute approximate surface area is 81.4 Å². The minimum Gasteiger partial charge on any atom is -0.481 e. The van der Waals surface area contributed by atoms with E-state index in [0.29, 0.717) is 12.0 Å². The molecule has 1 aromatic carbocycles. The van der Waals surface area contributed by atoms with Gasteiger partial charge in [-0.2, -0.15) is 0 Å². The van der Waals surface area contributed by atoms with Gasteiger partial charge < -0.3 is 10.8 Å². The molecular formula is C10H12FNO2. The molecule has 14 heavy (non-hydrogen) atoms. The summed E-state index contributed by atoms with van der Waals surface area (Å²) in [5, 5.41) is 8.49. The van der Waals surface area contributed by atoms with Gasteiger partial charge in [-0.05, 0) is 29.7 Å². The Morgan fingerprint density at radius 3 is 2.71 bits per heavy atom. The third kappa shape index (κ3) is 2.81. The molecule has 3 nitrogen and oxygen atoms in total. The van der Waals surface area contributed by atoms with Crippen LogP contribution in [0.2, 0.25) is 0 Å². The standard InChI is InChI=1S/C10H12FNO2/c11-9-3-1-7(2-4-10(13)14)8(5-9)6-12/h1,3,5H,2,4,6,12H2,(H,13,14). The highest BCUT2D eigenvalue weighted by Gasteiger charge is 2.04. The van der Waals surface area contributed by atoms with Crippen molar-refractivity contribution in [3.8, 4) is 0 Å². The Balaban J connectivity index is 2.80. The Morgan fingerprint density at radius 2 is 2.14 bits per heavy atom. The minimum atomic E-state index is -0.864. The van der Waals surface area contributed by atoms with Gasteiger partial charge in [0, 0.05) is 13.0 Å². The largest absolute Gasteiger partial charge is 0.481 e. The lowest BCUT2D eigenvalue weighted by molar-refractivity contribution is -0.136. The lowest BCUT2D eigenvalue weighted by Gasteiger charge is -2.05. The van der Waals surface area contributed by atoms with E-state index >= 15 is 0 Å². The van der Waals surface area contributed by atoms with Crippen LogP contribution in [-0.4, -0.2) is 11.1 Å². The molecule has 0 saturated heterocycles. The summed E-state index contributed by atoms with van der Waals surface area (Å²) in [6.07, 6.45) is 0.431. The molecule has 1 rings (SSSR count). The van der Waals surface area contributed by atoms with Crippen molar-refractivity contribution in [2.24, 2.45) is 5.73 Å². The maximum absolute atomic E-state index is 12.8. The monoisotopic (exact) mass is 197 g/mol. The normalized spacial score (nSPS) is 10.1. The van der Waals surface area contributed by atoms with Crippen LogP contribution in [0.1, 0.15) is 17.5 Å². The summed E-state index contributed by atoms with van der Waals surface area (Å²) in [7, 11) is 0. The number of benzene rings is 1. The topological polar surface area (TPSA) is 63.3 Å². The first-order valence-electron chi connectivity index (χ1n) is 4.32. The van der Waals surface area contributed by atoms with E-state index in [1.165, 1.54) is 12.1 Å². The van der Waals surface area contributed by atoms with Crippen LogP contribution in [0.4, 0.5) is 4.39 Å². The maximum atomic E-state index is 12.8. The third-order valence-electron chi connectivity index (χ3n) is 2.00. The van der Waals surface area contributed by atoms with E-state index in [4.69, 9.17) is 10.8 Å². The van der Waals surface area contributed by atoms with Crippen molar-refractivity contribution >= 4 is 5.97 Å². The molecule has 0 spiro atoms. The van der Waals surface area contributed by atoms with Gasteiger partial charge in [0.2, 0.25) is 0 Å². The van der Waals surface area contributed by atoms with E-state index in [9.17, 15) is 9.18 Å². The molecule has 0 bridgehead atoms. The first-order valence-corrected chi connectivity index (χ1v) is 4.32. The molecule has 0 heterocycles. The summed E-state index contributed by atoms with van der Waals surface area (Å²) in [6, 6.07) is 4.24. The zero-order valence-electron chi connectivity index (χ0n) is 7.66. The second kappa shape index (κ2) is 4.72. The van der Waals surface area contributed by atoms with Crippen LogP contribution < -0.4 is 5.73 Å². The van der Waals surface area contributed by atoms with Crippen LogP contribution >= 0.6 is 0 Å². The predicted molar refractivity (Wildman–Crippen MR) is 50.2 cm³/mol. The van der Waals surface area contributed by atoms with Gasteiger partial charge in [0.05, 0.1) is 0 Å². The number of aryl methyl sites for hydroxylation is 1. The van der Waals surface area contributed by atoms with Crippen molar-refractivity contribution in [1.29, 1.82) is 0 Å². The fourth-order valence-electron chi connectivity index (χ4n) is 1.27. The van der Waals surface area contributed by atoms with Crippen molar-refractivity contribution in [3.05, 3.63) is 35.1 Å². The van der Waals surface area contributed by atoms with Crippen LogP contribution in [0.3, 0.4) is 0 Å². The van der Waals surface area contributed by atoms with Crippen LogP contribution in [0, 0.1) is 5.82 Å². The number of hydrogen-bond donors (Lipinski definition) is 2. The molecule has 0 unspecified atom stereocenters. The second-order valence-corrected chi connectivity index (χ2v) is 3.01. The highest BCUT2D eigenvalue weighted by Crippen LogP contribution is 2.12. The summed E-state index contributed by atoms with van der Waals surface area (Å²) in [5.41, 5.74) is 6.89. The number of nitrogens with two attached hydrogens (primary N) is 1. The number of carbonyl (C=O) groups is 1. The molecule has 4 heteroatoms. The van der Waals surface area contributed by atoms with Crippen LogP contribution in [0.25, 0.3) is 0 Å². The quantitative estimate of drug-likeness (QED) is 0.764. The number of carboxylic acid groups (broad SMARTS) is 1. The summed E-state index contributed by atoms with van der Waals surface area (Å²) in [6.45, 7) is 0.229. The van der Waals surface area contributed by atoms with Gasteiger partial charge in [0.25, 0.3) is 0 Å². The molecule has 0 aliphatic carbocycles. The van der Waals surface area contributed by atoms with E-state index in [-0.39, 0.29) is 18.8 Å². The lowest BCUT2D eigenvalue weighted by Crippen LogP contribution is -2.05. The minimum absolute atomic E-state index is 0.0403. The fourth-order valence-corrected chi connectivity index (χ4v) is 1.27. The SMILES string of the molecule is NCc1cc(F)ccc1CCC(=O)O. The van der Waals surface area contributed by atoms with E-state index in [0.717, 1.165) is 5.56 Å². The average molecular weight is 197 g/mol. The highest BCUT2D eigenvalue weighted by molar-refractivity contribution is 5.67. The molecule has 0 aromatic heterocycles. The average Bonchev–Trinajstić information content (AvgIpc) is 2.15. The van der Waals surface area contributed by atoms with E-state index < -0.39 is 5.97 Å². The molecule has 76 valence electrons. The van der Waals surface area contributed by atoms with E-state index in [1.54, 1.807) is 6.07 Å². The Bertz CT molecular complexity index is 339. The van der Waals surface area contributed by atoms with Gasteiger partial charge in [-0.1, -0.05) is 6.07 Å². The zero-order chi connectivity index (χ0) is 10.6. The van der Waals surface area contributed by atoms with Crippen LogP contribution in [-0.2, 0) is 17.8 Å². The summed E-state index contributed by atoms with van der Waals surface area (Å²) >= 11 is 0. The van der Waals surface area contributed by atoms with Crippen molar-refractivity contribution in [3.63, 3.8) is 0 Å². The van der Waals surface area contributed by atoms with Crippen molar-refractivity contribution in [1.82, 2.24) is 0 Å². The smallest absolute Gasteiger partial charge is 0.303 e. The van der Waals surface area contributed by atoms with Gasteiger partial charge in [-0.3, -0.25) is 4.79 Å². The lowest BCUT2D eigenvalue weighted by atomic mass is 10.0. The Kier molecular flexibility index (Phi) is 3.59. The highest BCUT2D eigenvalue weighted by atomic mass is 19.1. The van der Waals surface area contributed by atoms with Crippen molar-refractivity contribution < 1.29 is 14.3 Å². The number of hydrogen-bond acceptors (Lipinski definition) is 2. The third-order valence-corrected chi connectivity index (χ3v) is 2.00. The van der Waals surface area contributed by atoms with E-state index in [2.05, 4.69) is 0 Å². The number of halogens is 1. The number of carboxylic acids is 1. The molecule has 0 aliphatic heterocycles. The second-order valence-electron chi connectivity index (χ2n) is 3.01. The van der Waals surface area contributed by atoms with Gasteiger partial charge in [0.1, 0.15) is 5.82 Å². The first kappa shape index (κ1) is 10.7. The molecule has 0 atom stereocenters. The van der Waals surface area contributed by atoms with Crippen LogP contribution in [0.5, 0.6) is 0 Å². The first-order chi connectivity index (χ1) is 6.63. The molecule has 0 fully saturated rings. The molecule has 1 aromatic rings. The van der Waals surface area contributed by atoms with Gasteiger partial charge in [0.15, 0.2) is 0 Å². The van der Waals surface area contributed by atoms with E-state index in [1.807, 2.05) is 0 Å². The fraction of sp³-hybridized carbons (Fsp3) is 0.300. The summed E-state index contributed by atoms with van der Waals surface area (Å²) < 4.78 is 12.8. The molecular weight excluding hydrogens is 185 g/mol. The number of rotatable bonds is 4. The molecule has 3 N–H and O–H groups in total. The Morgan fingerprint density at radius 1 is 1.43 bits per heavy atom. The summed E-state index contributed by atoms with van der Waals surface area (Å²) in [4.78, 5) is 10.3. The van der Waals surface area contributed by atoms with Crippen molar-refractivity contribution in [2.45, 2.75) is 19.4 Å². The van der Waals surface area contributed by atoms with Gasteiger partial charge >= 0.3 is 5.97 Å². The molecule has 0 saturated carbocycles. The van der Waals surface area contributed by atoms with Gasteiger partial charge in [-0.15, -0.1) is 0 Å². The van der Waals surface area contributed by atoms with Crippen LogP contribution in [0.15, 0.2) is 18.2 Å².